The topological polar surface area (TPSA) is 163 Å². The van der Waals surface area contributed by atoms with Gasteiger partial charge in [-0.25, -0.2) is 0 Å². The Hall–Kier alpha value is -2.20. The summed E-state index contributed by atoms with van der Waals surface area (Å²) >= 11 is 0. The Morgan fingerprint density at radius 3 is 2.15 bits per heavy atom. The Bertz CT molecular complexity index is 756. The van der Waals surface area contributed by atoms with Crippen LogP contribution in [-0.4, -0.2) is 66.1 Å². The van der Waals surface area contributed by atoms with E-state index < -0.39 is 36.1 Å². The van der Waals surface area contributed by atoms with Crippen molar-refractivity contribution in [2.24, 2.45) is 23.5 Å². The first kappa shape index (κ1) is 34.8. The average Bonchev–Trinajstić information content (AvgIpc) is 2.89. The Labute approximate surface area is 235 Å². The van der Waals surface area contributed by atoms with Crippen LogP contribution in [0.3, 0.4) is 0 Å². The molecule has 0 saturated heterocycles. The lowest BCUT2D eigenvalue weighted by Crippen LogP contribution is -2.58. The van der Waals surface area contributed by atoms with Crippen molar-refractivity contribution < 1.29 is 24.3 Å². The number of amides is 4. The molecule has 0 aromatic carbocycles. The van der Waals surface area contributed by atoms with Gasteiger partial charge in [-0.15, -0.1) is 0 Å². The molecule has 5 atom stereocenters. The van der Waals surface area contributed by atoms with Gasteiger partial charge >= 0.3 is 0 Å². The molecule has 0 aromatic heterocycles. The largest absolute Gasteiger partial charge is 0.391 e. The number of carbonyl (C=O) groups is 4. The van der Waals surface area contributed by atoms with E-state index in [1.54, 1.807) is 6.92 Å². The predicted molar refractivity (Wildman–Crippen MR) is 153 cm³/mol. The SMILES string of the molecule is CCCCNC(=O)[C@H](C)C[C@H](O)[C@H](CC1CCCCC1)NC(=O)[C@@H](NC(=O)[C@H](CCCN)NC(C)=O)C(C)C. The molecule has 1 aliphatic carbocycles. The minimum absolute atomic E-state index is 0.0981. The van der Waals surface area contributed by atoms with Gasteiger partial charge in [0.1, 0.15) is 12.1 Å². The molecule has 0 bridgehead atoms. The highest BCUT2D eigenvalue weighted by Gasteiger charge is 2.33. The van der Waals surface area contributed by atoms with Crippen LogP contribution in [-0.2, 0) is 19.2 Å². The lowest BCUT2D eigenvalue weighted by atomic mass is 9.82. The van der Waals surface area contributed by atoms with E-state index in [-0.39, 0.29) is 30.1 Å². The van der Waals surface area contributed by atoms with Crippen LogP contribution in [0.1, 0.15) is 105 Å². The number of unbranched alkanes of at least 4 members (excludes halogenated alkanes) is 1. The van der Waals surface area contributed by atoms with Crippen LogP contribution in [0.15, 0.2) is 0 Å². The van der Waals surface area contributed by atoms with Gasteiger partial charge < -0.3 is 32.1 Å². The summed E-state index contributed by atoms with van der Waals surface area (Å²) in [5.74, 6) is -1.48. The van der Waals surface area contributed by atoms with Gasteiger partial charge in [-0.3, -0.25) is 19.2 Å². The lowest BCUT2D eigenvalue weighted by Gasteiger charge is -2.33. The number of carbonyl (C=O) groups excluding carboxylic acids is 4. The van der Waals surface area contributed by atoms with Crippen molar-refractivity contribution in [3.63, 3.8) is 0 Å². The number of nitrogens with two attached hydrogens (primary N) is 1. The molecule has 0 heterocycles. The second-order valence-corrected chi connectivity index (χ2v) is 11.6. The smallest absolute Gasteiger partial charge is 0.243 e. The molecular formula is C29H55N5O5. The van der Waals surface area contributed by atoms with Gasteiger partial charge in [0.05, 0.1) is 12.1 Å². The van der Waals surface area contributed by atoms with Crippen molar-refractivity contribution in [2.45, 2.75) is 129 Å². The molecule has 1 saturated carbocycles. The lowest BCUT2D eigenvalue weighted by molar-refractivity contribution is -0.133. The van der Waals surface area contributed by atoms with Gasteiger partial charge in [-0.05, 0) is 50.5 Å². The number of hydrogen-bond acceptors (Lipinski definition) is 6. The highest BCUT2D eigenvalue weighted by atomic mass is 16.3. The molecule has 4 amide bonds. The van der Waals surface area contributed by atoms with Crippen molar-refractivity contribution >= 4 is 23.6 Å². The summed E-state index contributed by atoms with van der Waals surface area (Å²) in [5.41, 5.74) is 5.59. The first-order valence-corrected chi connectivity index (χ1v) is 15.0. The zero-order valence-corrected chi connectivity index (χ0v) is 24.9. The molecule has 10 nitrogen and oxygen atoms in total. The normalized spacial score (nSPS) is 17.9. The zero-order chi connectivity index (χ0) is 29.4. The molecule has 7 N–H and O–H groups in total. The summed E-state index contributed by atoms with van der Waals surface area (Å²) in [6, 6.07) is -2.16. The molecule has 39 heavy (non-hydrogen) atoms. The number of aliphatic hydroxyl groups is 1. The third-order valence-electron chi connectivity index (χ3n) is 7.61. The zero-order valence-electron chi connectivity index (χ0n) is 24.9. The van der Waals surface area contributed by atoms with Crippen molar-refractivity contribution in [1.82, 2.24) is 21.3 Å². The predicted octanol–water partition coefficient (Wildman–Crippen LogP) is 2.13. The Morgan fingerprint density at radius 1 is 0.923 bits per heavy atom. The van der Waals surface area contributed by atoms with Crippen molar-refractivity contribution in [3.8, 4) is 0 Å². The van der Waals surface area contributed by atoms with Crippen molar-refractivity contribution in [2.75, 3.05) is 13.1 Å². The fourth-order valence-electron chi connectivity index (χ4n) is 5.19. The van der Waals surface area contributed by atoms with E-state index in [1.807, 2.05) is 13.8 Å². The van der Waals surface area contributed by atoms with Gasteiger partial charge in [0.15, 0.2) is 0 Å². The van der Waals surface area contributed by atoms with Crippen molar-refractivity contribution in [1.29, 1.82) is 0 Å². The maximum absolute atomic E-state index is 13.5. The number of aliphatic hydroxyl groups excluding tert-OH is 1. The van der Waals surface area contributed by atoms with Gasteiger partial charge in [-0.2, -0.15) is 0 Å². The van der Waals surface area contributed by atoms with Crippen LogP contribution in [0.2, 0.25) is 0 Å². The molecule has 1 rings (SSSR count). The maximum atomic E-state index is 13.5. The van der Waals surface area contributed by atoms with Gasteiger partial charge in [-0.1, -0.05) is 66.2 Å². The molecule has 10 heteroatoms. The maximum Gasteiger partial charge on any atom is 0.243 e. The molecule has 226 valence electrons. The fourth-order valence-corrected chi connectivity index (χ4v) is 5.19. The Balaban J connectivity index is 2.98. The highest BCUT2D eigenvalue weighted by Crippen LogP contribution is 2.29. The molecule has 0 radical (unpaired) electrons. The van der Waals surface area contributed by atoms with Crippen LogP contribution in [0.4, 0.5) is 0 Å². The van der Waals surface area contributed by atoms with E-state index in [2.05, 4.69) is 28.2 Å². The monoisotopic (exact) mass is 553 g/mol. The fraction of sp³-hybridized carbons (Fsp3) is 0.862. The third-order valence-corrected chi connectivity index (χ3v) is 7.61. The molecule has 0 unspecified atom stereocenters. The molecule has 1 aliphatic rings. The van der Waals surface area contributed by atoms with E-state index in [0.717, 1.165) is 38.5 Å². The van der Waals surface area contributed by atoms with E-state index in [4.69, 9.17) is 5.73 Å². The van der Waals surface area contributed by atoms with Crippen LogP contribution < -0.4 is 27.0 Å². The average molecular weight is 554 g/mol. The quantitative estimate of drug-likeness (QED) is 0.142. The van der Waals surface area contributed by atoms with Crippen LogP contribution in [0.5, 0.6) is 0 Å². The third kappa shape index (κ3) is 13.6. The molecule has 1 fully saturated rings. The van der Waals surface area contributed by atoms with E-state index in [9.17, 15) is 24.3 Å². The molecular weight excluding hydrogens is 498 g/mol. The van der Waals surface area contributed by atoms with Crippen LogP contribution >= 0.6 is 0 Å². The first-order valence-electron chi connectivity index (χ1n) is 15.0. The minimum Gasteiger partial charge on any atom is -0.391 e. The second kappa shape index (κ2) is 19.0. The van der Waals surface area contributed by atoms with E-state index in [0.29, 0.717) is 38.3 Å². The molecule has 0 aliphatic heterocycles. The Kier molecular flexibility index (Phi) is 16.9. The summed E-state index contributed by atoms with van der Waals surface area (Å²) in [6.45, 7) is 9.87. The summed E-state index contributed by atoms with van der Waals surface area (Å²) < 4.78 is 0. The van der Waals surface area contributed by atoms with Gasteiger partial charge in [0.25, 0.3) is 0 Å². The summed E-state index contributed by atoms with van der Waals surface area (Å²) in [7, 11) is 0. The van der Waals surface area contributed by atoms with Crippen LogP contribution in [0, 0.1) is 17.8 Å². The molecule has 0 aromatic rings. The first-order chi connectivity index (χ1) is 18.5. The standard InChI is InChI=1S/C29H55N5O5/c1-6-7-16-31-27(37)20(4)17-25(36)24(18-22-12-9-8-10-13-22)33-29(39)26(19(2)3)34-28(38)23(14-11-15-30)32-21(5)35/h19-20,22-26,36H,6-18,30H2,1-5H3,(H,31,37)(H,32,35)(H,33,39)(H,34,38)/t20-,23+,24+,25+,26+/m1/s1. The minimum atomic E-state index is -0.900. The number of hydrogen-bond donors (Lipinski definition) is 6. The van der Waals surface area contributed by atoms with E-state index in [1.165, 1.54) is 13.3 Å². The highest BCUT2D eigenvalue weighted by molar-refractivity contribution is 5.92. The van der Waals surface area contributed by atoms with Crippen molar-refractivity contribution in [3.05, 3.63) is 0 Å². The molecule has 0 spiro atoms. The number of rotatable bonds is 18. The second-order valence-electron chi connectivity index (χ2n) is 11.6. The van der Waals surface area contributed by atoms with Crippen LogP contribution in [0.25, 0.3) is 0 Å². The van der Waals surface area contributed by atoms with E-state index >= 15 is 0 Å². The summed E-state index contributed by atoms with van der Waals surface area (Å²) in [4.78, 5) is 50.7. The Morgan fingerprint density at radius 2 is 1.59 bits per heavy atom. The van der Waals surface area contributed by atoms with Gasteiger partial charge in [0.2, 0.25) is 23.6 Å². The summed E-state index contributed by atoms with van der Waals surface area (Å²) in [5, 5.41) is 22.6. The summed E-state index contributed by atoms with van der Waals surface area (Å²) in [6.07, 6.45) is 8.34. The van der Waals surface area contributed by atoms with Gasteiger partial charge in [0, 0.05) is 19.4 Å². The number of nitrogens with one attached hydrogen (secondary N) is 4.